The Kier molecular flexibility index (Phi) is 5.73. The van der Waals surface area contributed by atoms with E-state index in [9.17, 15) is 9.59 Å². The number of carbonyl (C=O) groups excluding carboxylic acids is 2. The molecule has 0 heterocycles. The lowest BCUT2D eigenvalue weighted by Gasteiger charge is -2.20. The highest BCUT2D eigenvalue weighted by molar-refractivity contribution is 6.30. The molecule has 2 unspecified atom stereocenters. The molecule has 0 spiro atoms. The van der Waals surface area contributed by atoms with Crippen molar-refractivity contribution in [3.05, 3.63) is 70.2 Å². The average molecular weight is 341 g/mol. The minimum Gasteiger partial charge on any atom is -0.349 e. The number of rotatable bonds is 5. The van der Waals surface area contributed by atoms with E-state index < -0.39 is 5.92 Å². The Balaban J connectivity index is 2.03. The molecule has 0 fully saturated rings. The number of nitriles is 1. The molecule has 0 aliphatic rings. The van der Waals surface area contributed by atoms with Gasteiger partial charge in [-0.25, -0.2) is 0 Å². The molecule has 122 valence electrons. The van der Waals surface area contributed by atoms with E-state index in [0.29, 0.717) is 21.7 Å². The zero-order chi connectivity index (χ0) is 17.7. The van der Waals surface area contributed by atoms with Crippen molar-refractivity contribution in [2.75, 3.05) is 0 Å². The SMILES string of the molecule is CC(NC(=O)c1ccc(Cl)cc1)C(C)C(=O)c1ccc(C#N)cc1. The third-order valence-electron chi connectivity index (χ3n) is 3.93. The molecule has 0 saturated carbocycles. The maximum atomic E-state index is 12.5. The lowest BCUT2D eigenvalue weighted by atomic mass is 9.93. The quantitative estimate of drug-likeness (QED) is 0.840. The van der Waals surface area contributed by atoms with Crippen molar-refractivity contribution in [3.8, 4) is 6.07 Å². The Morgan fingerprint density at radius 3 is 2.08 bits per heavy atom. The van der Waals surface area contributed by atoms with Crippen molar-refractivity contribution in [2.24, 2.45) is 5.92 Å². The molecule has 0 aliphatic carbocycles. The molecule has 0 radical (unpaired) electrons. The maximum Gasteiger partial charge on any atom is 0.251 e. The highest BCUT2D eigenvalue weighted by Crippen LogP contribution is 2.15. The summed E-state index contributed by atoms with van der Waals surface area (Å²) >= 11 is 5.81. The minimum absolute atomic E-state index is 0.0802. The van der Waals surface area contributed by atoms with Crippen molar-refractivity contribution >= 4 is 23.3 Å². The van der Waals surface area contributed by atoms with Gasteiger partial charge in [0.1, 0.15) is 0 Å². The van der Waals surface area contributed by atoms with Crippen LogP contribution < -0.4 is 5.32 Å². The molecule has 2 aromatic rings. The molecule has 2 rings (SSSR count). The third kappa shape index (κ3) is 4.21. The van der Waals surface area contributed by atoms with Gasteiger partial charge in [0, 0.05) is 28.1 Å². The molecule has 24 heavy (non-hydrogen) atoms. The molecule has 2 aromatic carbocycles. The van der Waals surface area contributed by atoms with Crippen LogP contribution in [0.4, 0.5) is 0 Å². The van der Waals surface area contributed by atoms with Gasteiger partial charge in [-0.3, -0.25) is 9.59 Å². The molecular formula is C19H17ClN2O2. The van der Waals surface area contributed by atoms with Crippen LogP contribution in [0.15, 0.2) is 48.5 Å². The Bertz CT molecular complexity index is 777. The largest absolute Gasteiger partial charge is 0.349 e. The molecule has 0 aromatic heterocycles. The number of nitrogens with one attached hydrogen (secondary N) is 1. The monoisotopic (exact) mass is 340 g/mol. The highest BCUT2D eigenvalue weighted by Gasteiger charge is 2.23. The maximum absolute atomic E-state index is 12.5. The second-order valence-electron chi connectivity index (χ2n) is 5.61. The highest BCUT2D eigenvalue weighted by atomic mass is 35.5. The van der Waals surface area contributed by atoms with E-state index in [1.807, 2.05) is 6.07 Å². The Labute approximate surface area is 146 Å². The zero-order valence-corrected chi connectivity index (χ0v) is 14.2. The first-order chi connectivity index (χ1) is 11.4. The summed E-state index contributed by atoms with van der Waals surface area (Å²) in [6, 6.07) is 14.7. The fraction of sp³-hybridized carbons (Fsp3) is 0.211. The molecule has 1 N–H and O–H groups in total. The minimum atomic E-state index is -0.394. The lowest BCUT2D eigenvalue weighted by Crippen LogP contribution is -2.40. The van der Waals surface area contributed by atoms with Gasteiger partial charge in [0.15, 0.2) is 5.78 Å². The number of Topliss-reactive ketones (excluding diaryl/α,β-unsaturated/α-hetero) is 1. The number of hydrogen-bond donors (Lipinski definition) is 1. The fourth-order valence-electron chi connectivity index (χ4n) is 2.22. The van der Waals surface area contributed by atoms with Crippen molar-refractivity contribution in [1.29, 1.82) is 5.26 Å². The number of hydrogen-bond acceptors (Lipinski definition) is 3. The van der Waals surface area contributed by atoms with Crippen LogP contribution in [0.1, 0.15) is 40.1 Å². The van der Waals surface area contributed by atoms with E-state index in [1.165, 1.54) is 0 Å². The summed E-state index contributed by atoms with van der Waals surface area (Å²) in [5, 5.41) is 12.2. The fourth-order valence-corrected chi connectivity index (χ4v) is 2.34. The van der Waals surface area contributed by atoms with Gasteiger partial charge < -0.3 is 5.32 Å². The van der Waals surface area contributed by atoms with E-state index in [1.54, 1.807) is 62.4 Å². The van der Waals surface area contributed by atoms with E-state index in [-0.39, 0.29) is 17.7 Å². The lowest BCUT2D eigenvalue weighted by molar-refractivity contribution is 0.0868. The summed E-state index contributed by atoms with van der Waals surface area (Å²) < 4.78 is 0. The van der Waals surface area contributed by atoms with Crippen molar-refractivity contribution in [3.63, 3.8) is 0 Å². The first kappa shape index (κ1) is 17.7. The standard InChI is InChI=1S/C19H17ClN2O2/c1-12(18(23)15-5-3-14(11-21)4-6-15)13(2)22-19(24)16-7-9-17(20)10-8-16/h3-10,12-13H,1-2H3,(H,22,24). The van der Waals surface area contributed by atoms with Gasteiger partial charge in [0.2, 0.25) is 0 Å². The van der Waals surface area contributed by atoms with Crippen LogP contribution in [0.25, 0.3) is 0 Å². The van der Waals surface area contributed by atoms with Crippen LogP contribution in [0.3, 0.4) is 0 Å². The second-order valence-corrected chi connectivity index (χ2v) is 6.05. The van der Waals surface area contributed by atoms with E-state index in [0.717, 1.165) is 0 Å². The summed E-state index contributed by atoms with van der Waals surface area (Å²) in [4.78, 5) is 24.7. The normalized spacial score (nSPS) is 12.8. The summed E-state index contributed by atoms with van der Waals surface area (Å²) in [7, 11) is 0. The number of benzene rings is 2. The van der Waals surface area contributed by atoms with Gasteiger partial charge in [0.05, 0.1) is 11.6 Å². The van der Waals surface area contributed by atoms with Crippen LogP contribution in [0, 0.1) is 17.2 Å². The molecule has 0 saturated heterocycles. The smallest absolute Gasteiger partial charge is 0.251 e. The first-order valence-corrected chi connectivity index (χ1v) is 7.91. The Morgan fingerprint density at radius 2 is 1.54 bits per heavy atom. The third-order valence-corrected chi connectivity index (χ3v) is 4.18. The summed E-state index contributed by atoms with van der Waals surface area (Å²) in [6.07, 6.45) is 0. The number of carbonyl (C=O) groups is 2. The van der Waals surface area contributed by atoms with Crippen molar-refractivity contribution in [2.45, 2.75) is 19.9 Å². The predicted molar refractivity (Wildman–Crippen MR) is 93.0 cm³/mol. The molecular weight excluding hydrogens is 324 g/mol. The average Bonchev–Trinajstić information content (AvgIpc) is 2.61. The van der Waals surface area contributed by atoms with E-state index in [2.05, 4.69) is 5.32 Å². The van der Waals surface area contributed by atoms with Crippen molar-refractivity contribution < 1.29 is 9.59 Å². The molecule has 4 nitrogen and oxygen atoms in total. The first-order valence-electron chi connectivity index (χ1n) is 7.53. The van der Waals surface area contributed by atoms with Crippen LogP contribution in [0.2, 0.25) is 5.02 Å². The summed E-state index contributed by atoms with van der Waals surface area (Å²) in [5.41, 5.74) is 1.52. The summed E-state index contributed by atoms with van der Waals surface area (Å²) in [5.74, 6) is -0.726. The van der Waals surface area contributed by atoms with E-state index in [4.69, 9.17) is 16.9 Å². The zero-order valence-electron chi connectivity index (χ0n) is 13.4. The van der Waals surface area contributed by atoms with Crippen molar-refractivity contribution in [1.82, 2.24) is 5.32 Å². The van der Waals surface area contributed by atoms with Crippen LogP contribution in [0.5, 0.6) is 0 Å². The topological polar surface area (TPSA) is 70.0 Å². The van der Waals surface area contributed by atoms with Gasteiger partial charge in [0.25, 0.3) is 5.91 Å². The van der Waals surface area contributed by atoms with E-state index >= 15 is 0 Å². The molecule has 1 amide bonds. The van der Waals surface area contributed by atoms with Gasteiger partial charge in [-0.2, -0.15) is 5.26 Å². The molecule has 0 bridgehead atoms. The van der Waals surface area contributed by atoms with Gasteiger partial charge in [-0.1, -0.05) is 30.7 Å². The van der Waals surface area contributed by atoms with Crippen LogP contribution in [-0.2, 0) is 0 Å². The number of amides is 1. The molecule has 0 aliphatic heterocycles. The van der Waals surface area contributed by atoms with Gasteiger partial charge in [-0.05, 0) is 43.3 Å². The second kappa shape index (κ2) is 7.76. The van der Waals surface area contributed by atoms with Gasteiger partial charge >= 0.3 is 0 Å². The van der Waals surface area contributed by atoms with Gasteiger partial charge in [-0.15, -0.1) is 0 Å². The number of ketones is 1. The number of halogens is 1. The predicted octanol–water partition coefficient (Wildman–Crippen LogP) is 3.85. The van der Waals surface area contributed by atoms with Crippen LogP contribution in [-0.4, -0.2) is 17.7 Å². The molecule has 5 heteroatoms. The summed E-state index contributed by atoms with van der Waals surface area (Å²) in [6.45, 7) is 3.56. The Morgan fingerprint density at radius 1 is 1.00 bits per heavy atom. The number of nitrogens with zero attached hydrogens (tertiary/aromatic N) is 1. The van der Waals surface area contributed by atoms with Crippen LogP contribution >= 0.6 is 11.6 Å². The molecule has 2 atom stereocenters. The Hall–Kier alpha value is -2.64.